The van der Waals surface area contributed by atoms with Crippen molar-refractivity contribution in [2.24, 2.45) is 0 Å². The molecule has 0 aliphatic carbocycles. The van der Waals surface area contributed by atoms with Crippen molar-refractivity contribution >= 4 is 41.6 Å². The molecule has 1 rings (SSSR count). The molecule has 0 aromatic heterocycles. The minimum absolute atomic E-state index is 0.0807. The summed E-state index contributed by atoms with van der Waals surface area (Å²) in [6, 6.07) is 0.0268. The molecule has 0 saturated carbocycles. The first-order chi connectivity index (χ1) is 7.11. The Hall–Kier alpha value is -0.250. The van der Waals surface area contributed by atoms with Crippen LogP contribution in [0.1, 0.15) is 0 Å². The van der Waals surface area contributed by atoms with Gasteiger partial charge in [-0.2, -0.15) is 0 Å². The van der Waals surface area contributed by atoms with Gasteiger partial charge >= 0.3 is 10.2 Å². The Morgan fingerprint density at radius 2 is 1.53 bits per heavy atom. The Kier molecular flexibility index (Phi) is 2.78. The molecule has 0 amide bonds. The Bertz CT molecular complexity index is 580. The van der Waals surface area contributed by atoms with E-state index in [9.17, 15) is 27.8 Å². The van der Waals surface area contributed by atoms with Crippen molar-refractivity contribution in [2.75, 3.05) is 0 Å². The van der Waals surface area contributed by atoms with Gasteiger partial charge in [0, 0.05) is 10.7 Å². The molecular weight excluding hydrogens is 334 g/mol. The highest BCUT2D eigenvalue weighted by atomic mass is 35.7. The molecule has 0 N–H and O–H groups in total. The number of rotatable bonds is 2. The summed E-state index contributed by atoms with van der Waals surface area (Å²) in [4.78, 5) is -3.15. The smallest absolute Gasteiger partial charge is 0.207 e. The van der Waals surface area contributed by atoms with Gasteiger partial charge in [-0.1, -0.05) is 31.0 Å². The second-order valence-electron chi connectivity index (χ2n) is 3.00. The van der Waals surface area contributed by atoms with Gasteiger partial charge in [0.2, 0.25) is 0 Å². The molecule has 0 atom stereocenters. The Morgan fingerprint density at radius 3 is 1.82 bits per heavy atom. The molecule has 17 heavy (non-hydrogen) atoms. The van der Waals surface area contributed by atoms with Crippen LogP contribution >= 0.6 is 32.5 Å². The lowest BCUT2D eigenvalue weighted by Crippen LogP contribution is -2.06. The molecule has 0 fully saturated rings. The van der Waals surface area contributed by atoms with Gasteiger partial charge in [-0.25, -0.2) is 8.42 Å². The van der Waals surface area contributed by atoms with Crippen LogP contribution in [0.15, 0.2) is 28.0 Å². The zero-order valence-electron chi connectivity index (χ0n) is 7.51. The second-order valence-corrected chi connectivity index (χ2v) is 8.35. The quantitative estimate of drug-likeness (QED) is 0.567. The van der Waals surface area contributed by atoms with Gasteiger partial charge in [0.1, 0.15) is 9.79 Å². The van der Waals surface area contributed by atoms with Crippen molar-refractivity contribution < 1.29 is 27.8 Å². The molecule has 0 heterocycles. The van der Waals surface area contributed by atoms with Crippen molar-refractivity contribution in [3.63, 3.8) is 0 Å². The van der Waals surface area contributed by atoms with E-state index in [-0.39, 0.29) is 18.2 Å². The molecule has 2 nitrogen and oxygen atoms in total. The lowest BCUT2D eigenvalue weighted by Gasteiger charge is -2.40. The van der Waals surface area contributed by atoms with Crippen molar-refractivity contribution in [3.8, 4) is 0 Å². The monoisotopic (exact) mass is 336 g/mol. The van der Waals surface area contributed by atoms with Gasteiger partial charge in [0.25, 0.3) is 9.05 Å². The molecule has 0 saturated heterocycles. The van der Waals surface area contributed by atoms with Gasteiger partial charge < -0.3 is 0 Å². The third-order valence-electron chi connectivity index (χ3n) is 1.61. The van der Waals surface area contributed by atoms with Crippen LogP contribution in [0.3, 0.4) is 0 Å². The Morgan fingerprint density at radius 1 is 1.06 bits per heavy atom. The first-order valence-electron chi connectivity index (χ1n) is 3.59. The van der Waals surface area contributed by atoms with E-state index in [1.54, 1.807) is 0 Å². The zero-order chi connectivity index (χ0) is 13.8. The van der Waals surface area contributed by atoms with E-state index in [2.05, 4.69) is 0 Å². The first-order valence-corrected chi connectivity index (χ1v) is 8.23. The number of hydrogen-bond acceptors (Lipinski definition) is 2. The third-order valence-corrected chi connectivity index (χ3v) is 4.56. The summed E-state index contributed by atoms with van der Waals surface area (Å²) in [5, 5.41) is -1.02. The molecule has 0 aliphatic heterocycles. The van der Waals surface area contributed by atoms with Gasteiger partial charge in [-0.15, -0.1) is 0 Å². The topological polar surface area (TPSA) is 34.1 Å². The predicted molar refractivity (Wildman–Crippen MR) is 55.9 cm³/mol. The summed E-state index contributed by atoms with van der Waals surface area (Å²) in [7, 11) is -9.44. The molecule has 0 unspecified atom stereocenters. The van der Waals surface area contributed by atoms with Crippen molar-refractivity contribution in [2.45, 2.75) is 9.79 Å². The van der Waals surface area contributed by atoms with E-state index in [0.29, 0.717) is 0 Å². The molecule has 1 aromatic rings. The van der Waals surface area contributed by atoms with Gasteiger partial charge in [-0.05, 0) is 18.2 Å². The van der Waals surface area contributed by atoms with Crippen LogP contribution in [-0.4, -0.2) is 8.42 Å². The van der Waals surface area contributed by atoms with Gasteiger partial charge in [0.15, 0.2) is 0 Å². The van der Waals surface area contributed by atoms with E-state index in [0.717, 1.165) is 0 Å². The highest BCUT2D eigenvalue weighted by Gasteiger charge is 2.65. The maximum atomic E-state index is 12.3. The highest BCUT2D eigenvalue weighted by Crippen LogP contribution is 3.02. The summed E-state index contributed by atoms with van der Waals surface area (Å²) in [5.41, 5.74) is 0. The fourth-order valence-electron chi connectivity index (χ4n) is 0.919. The minimum atomic E-state index is -9.87. The van der Waals surface area contributed by atoms with Crippen molar-refractivity contribution in [1.29, 1.82) is 0 Å². The van der Waals surface area contributed by atoms with Crippen molar-refractivity contribution in [3.05, 3.63) is 23.2 Å². The summed E-state index contributed by atoms with van der Waals surface area (Å²) in [6.07, 6.45) is 0. The van der Waals surface area contributed by atoms with Crippen LogP contribution in [0.4, 0.5) is 19.4 Å². The molecule has 0 spiro atoms. The molecule has 0 aliphatic rings. The predicted octanol–water partition coefficient (Wildman–Crippen LogP) is 4.92. The normalized spacial score (nSPS) is 17.4. The standard InChI is InChI=1S/C6H3Cl2F5O2S2/c7-5-3-4(17(9,10,11,12)13)1-2-6(5)16(8,14)15/h1-3H. The van der Waals surface area contributed by atoms with Gasteiger partial charge in [-0.3, -0.25) is 0 Å². The lowest BCUT2D eigenvalue weighted by molar-refractivity contribution is 0.364. The van der Waals surface area contributed by atoms with Crippen molar-refractivity contribution in [1.82, 2.24) is 0 Å². The Labute approximate surface area is 102 Å². The van der Waals surface area contributed by atoms with Crippen LogP contribution < -0.4 is 0 Å². The lowest BCUT2D eigenvalue weighted by atomic mass is 10.4. The number of hydrogen-bond donors (Lipinski definition) is 0. The second kappa shape index (κ2) is 3.19. The van der Waals surface area contributed by atoms with Crippen LogP contribution in [0.2, 0.25) is 5.02 Å². The molecule has 100 valence electrons. The minimum Gasteiger partial charge on any atom is -0.207 e. The summed E-state index contributed by atoms with van der Waals surface area (Å²) < 4.78 is 83.2. The molecular formula is C6H3Cl2F5O2S2. The molecule has 11 heteroatoms. The highest BCUT2D eigenvalue weighted by molar-refractivity contribution is 8.45. The largest absolute Gasteiger partial charge is 0.310 e. The number of benzene rings is 1. The zero-order valence-corrected chi connectivity index (χ0v) is 10.7. The van der Waals surface area contributed by atoms with Gasteiger partial charge in [0.05, 0.1) is 5.02 Å². The molecule has 0 bridgehead atoms. The number of halogens is 7. The van der Waals surface area contributed by atoms with E-state index in [1.165, 1.54) is 0 Å². The van der Waals surface area contributed by atoms with Crippen LogP contribution in [0.5, 0.6) is 0 Å². The van der Waals surface area contributed by atoms with E-state index < -0.39 is 34.1 Å². The SMILES string of the molecule is O=S(=O)(Cl)c1ccc(S(F)(F)(F)(F)F)cc1Cl. The van der Waals surface area contributed by atoms with E-state index in [1.807, 2.05) is 0 Å². The Balaban J connectivity index is 3.56. The fourth-order valence-corrected chi connectivity index (χ4v) is 3.18. The molecule has 1 aromatic carbocycles. The summed E-state index contributed by atoms with van der Waals surface area (Å²) in [6.45, 7) is 0. The maximum Gasteiger partial charge on any atom is 0.310 e. The third kappa shape index (κ3) is 3.60. The maximum absolute atomic E-state index is 12.3. The van der Waals surface area contributed by atoms with Crippen LogP contribution in [0.25, 0.3) is 0 Å². The summed E-state index contributed by atoms with van der Waals surface area (Å²) >= 11 is 5.17. The average Bonchev–Trinajstić information content (AvgIpc) is 1.96. The fraction of sp³-hybridized carbons (Fsp3) is 0. The first kappa shape index (κ1) is 14.8. The van der Waals surface area contributed by atoms with E-state index >= 15 is 0 Å². The van der Waals surface area contributed by atoms with Crippen LogP contribution in [0, 0.1) is 0 Å². The average molecular weight is 337 g/mol. The van der Waals surface area contributed by atoms with E-state index in [4.69, 9.17) is 22.3 Å². The summed E-state index contributed by atoms with van der Waals surface area (Å²) in [5.74, 6) is 0. The molecule has 0 radical (unpaired) electrons. The van der Waals surface area contributed by atoms with Crippen LogP contribution in [-0.2, 0) is 9.05 Å².